The van der Waals surface area contributed by atoms with Crippen LogP contribution in [0.5, 0.6) is 5.88 Å². The molecule has 0 amide bonds. The van der Waals surface area contributed by atoms with Gasteiger partial charge in [-0.2, -0.15) is 4.98 Å². The van der Waals surface area contributed by atoms with Crippen LogP contribution in [-0.2, 0) is 4.74 Å². The summed E-state index contributed by atoms with van der Waals surface area (Å²) in [6.45, 7) is 3.05. The maximum Gasteiger partial charge on any atom is 0.227 e. The summed E-state index contributed by atoms with van der Waals surface area (Å²) in [4.78, 5) is 12.6. The smallest absolute Gasteiger partial charge is 0.227 e. The second-order valence-corrected chi connectivity index (χ2v) is 4.48. The Bertz CT molecular complexity index is 671. The summed E-state index contributed by atoms with van der Waals surface area (Å²) in [6, 6.07) is 3.77. The molecular formula is C15H16N4O2. The van der Waals surface area contributed by atoms with E-state index in [2.05, 4.69) is 15.0 Å². The van der Waals surface area contributed by atoms with Crippen LogP contribution in [0.1, 0.15) is 19.0 Å². The molecule has 6 heteroatoms. The van der Waals surface area contributed by atoms with Gasteiger partial charge < -0.3 is 15.2 Å². The summed E-state index contributed by atoms with van der Waals surface area (Å²) in [5.41, 5.74) is 8.16. The van der Waals surface area contributed by atoms with Crippen LogP contribution in [0.25, 0.3) is 16.9 Å². The number of hydrogen-bond acceptors (Lipinski definition) is 6. The van der Waals surface area contributed by atoms with Gasteiger partial charge in [0.1, 0.15) is 11.5 Å². The van der Waals surface area contributed by atoms with Gasteiger partial charge in [0.25, 0.3) is 0 Å². The SMILES string of the molecule is CCOc1nc(N)nc(C2=CCCO2)c1-c1ccncc1. The Balaban J connectivity index is 2.22. The van der Waals surface area contributed by atoms with Crippen molar-refractivity contribution in [3.63, 3.8) is 0 Å². The Hall–Kier alpha value is -2.63. The average molecular weight is 284 g/mol. The standard InChI is InChI=1S/C15H16N4O2/c1-2-20-14-12(10-5-7-17-8-6-10)13(18-15(16)19-14)11-4-3-9-21-11/h4-8H,2-3,9H2,1H3,(H2,16,18,19). The zero-order valence-corrected chi connectivity index (χ0v) is 11.7. The van der Waals surface area contributed by atoms with Gasteiger partial charge in [0.15, 0.2) is 0 Å². The molecule has 0 fully saturated rings. The first-order valence-electron chi connectivity index (χ1n) is 6.83. The molecule has 0 radical (unpaired) electrons. The highest BCUT2D eigenvalue weighted by Gasteiger charge is 2.22. The summed E-state index contributed by atoms with van der Waals surface area (Å²) in [6.07, 6.45) is 6.30. The van der Waals surface area contributed by atoms with E-state index < -0.39 is 0 Å². The van der Waals surface area contributed by atoms with Crippen LogP contribution in [0.3, 0.4) is 0 Å². The summed E-state index contributed by atoms with van der Waals surface area (Å²) in [5, 5.41) is 0. The van der Waals surface area contributed by atoms with Crippen molar-refractivity contribution in [1.29, 1.82) is 0 Å². The summed E-state index contributed by atoms with van der Waals surface area (Å²) in [5.74, 6) is 1.35. The van der Waals surface area contributed by atoms with Crippen LogP contribution in [-0.4, -0.2) is 28.2 Å². The van der Waals surface area contributed by atoms with Gasteiger partial charge in [0.2, 0.25) is 11.8 Å². The van der Waals surface area contributed by atoms with Crippen LogP contribution in [0.2, 0.25) is 0 Å². The maximum atomic E-state index is 5.81. The molecule has 0 aliphatic carbocycles. The predicted molar refractivity (Wildman–Crippen MR) is 79.4 cm³/mol. The molecule has 0 aromatic carbocycles. The van der Waals surface area contributed by atoms with Crippen LogP contribution in [0.4, 0.5) is 5.95 Å². The van der Waals surface area contributed by atoms with Crippen molar-refractivity contribution < 1.29 is 9.47 Å². The van der Waals surface area contributed by atoms with Crippen LogP contribution in [0, 0.1) is 0 Å². The highest BCUT2D eigenvalue weighted by Crippen LogP contribution is 2.36. The third-order valence-corrected chi connectivity index (χ3v) is 3.08. The lowest BCUT2D eigenvalue weighted by atomic mass is 10.1. The minimum absolute atomic E-state index is 0.169. The molecule has 3 heterocycles. The number of anilines is 1. The Morgan fingerprint density at radius 1 is 1.29 bits per heavy atom. The zero-order chi connectivity index (χ0) is 14.7. The quantitative estimate of drug-likeness (QED) is 0.927. The Kier molecular flexibility index (Phi) is 3.68. The molecule has 1 aliphatic heterocycles. The number of hydrogen-bond donors (Lipinski definition) is 1. The van der Waals surface area contributed by atoms with Gasteiger partial charge in [0, 0.05) is 18.8 Å². The van der Waals surface area contributed by atoms with E-state index in [1.807, 2.05) is 25.1 Å². The van der Waals surface area contributed by atoms with Gasteiger partial charge in [0.05, 0.1) is 18.8 Å². The normalized spacial score (nSPS) is 13.7. The molecule has 0 saturated carbocycles. The van der Waals surface area contributed by atoms with E-state index in [0.717, 1.165) is 23.3 Å². The topological polar surface area (TPSA) is 83.2 Å². The molecule has 108 valence electrons. The number of ether oxygens (including phenoxy) is 2. The fourth-order valence-corrected chi connectivity index (χ4v) is 2.24. The van der Waals surface area contributed by atoms with E-state index in [9.17, 15) is 0 Å². The largest absolute Gasteiger partial charge is 0.491 e. The van der Waals surface area contributed by atoms with E-state index in [1.165, 1.54) is 0 Å². The number of rotatable bonds is 4. The molecule has 0 bridgehead atoms. The van der Waals surface area contributed by atoms with Gasteiger partial charge in [-0.15, -0.1) is 0 Å². The molecule has 0 saturated heterocycles. The molecule has 0 atom stereocenters. The molecule has 0 unspecified atom stereocenters. The van der Waals surface area contributed by atoms with E-state index in [4.69, 9.17) is 15.2 Å². The molecule has 21 heavy (non-hydrogen) atoms. The Labute approximate surface area is 122 Å². The second-order valence-electron chi connectivity index (χ2n) is 4.48. The van der Waals surface area contributed by atoms with E-state index >= 15 is 0 Å². The molecule has 1 aliphatic rings. The van der Waals surface area contributed by atoms with Crippen molar-refractivity contribution in [2.24, 2.45) is 0 Å². The summed E-state index contributed by atoms with van der Waals surface area (Å²) < 4.78 is 11.3. The lowest BCUT2D eigenvalue weighted by molar-refractivity contribution is 0.304. The van der Waals surface area contributed by atoms with E-state index in [-0.39, 0.29) is 5.95 Å². The number of nitrogens with two attached hydrogens (primary N) is 1. The molecule has 6 nitrogen and oxygen atoms in total. The van der Waals surface area contributed by atoms with Gasteiger partial charge >= 0.3 is 0 Å². The third kappa shape index (κ3) is 2.65. The van der Waals surface area contributed by atoms with Crippen LogP contribution < -0.4 is 10.5 Å². The Morgan fingerprint density at radius 3 is 2.76 bits per heavy atom. The highest BCUT2D eigenvalue weighted by atomic mass is 16.5. The lowest BCUT2D eigenvalue weighted by Gasteiger charge is -2.14. The maximum absolute atomic E-state index is 5.81. The number of nitrogens with zero attached hydrogens (tertiary/aromatic N) is 3. The molecule has 2 aromatic heterocycles. The minimum atomic E-state index is 0.169. The first-order valence-corrected chi connectivity index (χ1v) is 6.83. The first-order chi connectivity index (χ1) is 10.3. The molecule has 2 N–H and O–H groups in total. The lowest BCUT2D eigenvalue weighted by Crippen LogP contribution is -2.07. The van der Waals surface area contributed by atoms with Crippen LogP contribution >= 0.6 is 0 Å². The Morgan fingerprint density at radius 2 is 2.10 bits per heavy atom. The number of pyridine rings is 1. The van der Waals surface area contributed by atoms with Gasteiger partial charge in [-0.3, -0.25) is 4.98 Å². The molecular weight excluding hydrogens is 268 g/mol. The van der Waals surface area contributed by atoms with Crippen molar-refractivity contribution in [3.8, 4) is 17.0 Å². The summed E-state index contributed by atoms with van der Waals surface area (Å²) >= 11 is 0. The summed E-state index contributed by atoms with van der Waals surface area (Å²) in [7, 11) is 0. The van der Waals surface area contributed by atoms with Crippen molar-refractivity contribution in [1.82, 2.24) is 15.0 Å². The highest BCUT2D eigenvalue weighted by molar-refractivity contribution is 5.81. The zero-order valence-electron chi connectivity index (χ0n) is 11.7. The third-order valence-electron chi connectivity index (χ3n) is 3.08. The molecule has 3 rings (SSSR count). The van der Waals surface area contributed by atoms with E-state index in [0.29, 0.717) is 24.8 Å². The van der Waals surface area contributed by atoms with Gasteiger partial charge in [-0.25, -0.2) is 4.98 Å². The van der Waals surface area contributed by atoms with Crippen molar-refractivity contribution >= 4 is 11.7 Å². The number of aromatic nitrogens is 3. The van der Waals surface area contributed by atoms with Gasteiger partial charge in [-0.05, 0) is 30.7 Å². The predicted octanol–water partition coefficient (Wildman–Crippen LogP) is 2.28. The second kappa shape index (κ2) is 5.78. The first kappa shape index (κ1) is 13.4. The van der Waals surface area contributed by atoms with Crippen molar-refractivity contribution in [2.75, 3.05) is 18.9 Å². The number of nitrogen functional groups attached to an aromatic ring is 1. The average Bonchev–Trinajstić information content (AvgIpc) is 3.02. The van der Waals surface area contributed by atoms with Gasteiger partial charge in [-0.1, -0.05) is 0 Å². The fraction of sp³-hybridized carbons (Fsp3) is 0.267. The fourth-order valence-electron chi connectivity index (χ4n) is 2.24. The molecule has 2 aromatic rings. The van der Waals surface area contributed by atoms with E-state index in [1.54, 1.807) is 12.4 Å². The van der Waals surface area contributed by atoms with Crippen molar-refractivity contribution in [2.45, 2.75) is 13.3 Å². The minimum Gasteiger partial charge on any atom is -0.491 e. The van der Waals surface area contributed by atoms with Crippen LogP contribution in [0.15, 0.2) is 30.6 Å². The molecule has 0 spiro atoms. The van der Waals surface area contributed by atoms with Crippen molar-refractivity contribution in [3.05, 3.63) is 36.3 Å². The monoisotopic (exact) mass is 284 g/mol.